The first-order chi connectivity index (χ1) is 27.6. The van der Waals surface area contributed by atoms with Crippen molar-refractivity contribution >= 4 is 41.0 Å². The molecule has 4 rings (SSSR count). The van der Waals surface area contributed by atoms with E-state index < -0.39 is 42.0 Å². The lowest BCUT2D eigenvalue weighted by atomic mass is 9.91. The van der Waals surface area contributed by atoms with Crippen LogP contribution in [0.5, 0.6) is 5.75 Å². The van der Waals surface area contributed by atoms with Crippen molar-refractivity contribution in [2.75, 3.05) is 27.2 Å². The number of carboxylic acid groups (broad SMARTS) is 1. The number of carbonyl (C=O) groups is 5. The number of aryl methyl sites for hydroxylation is 1. The predicted molar refractivity (Wildman–Crippen MR) is 224 cm³/mol. The highest BCUT2D eigenvalue weighted by atomic mass is 32.1. The lowest BCUT2D eigenvalue weighted by Crippen LogP contribution is -2.58. The van der Waals surface area contributed by atoms with Gasteiger partial charge in [-0.25, -0.2) is 4.98 Å². The van der Waals surface area contributed by atoms with Gasteiger partial charge < -0.3 is 30.1 Å². The van der Waals surface area contributed by atoms with Crippen molar-refractivity contribution in [2.24, 2.45) is 11.8 Å². The van der Waals surface area contributed by atoms with Gasteiger partial charge in [0.1, 0.15) is 22.5 Å². The van der Waals surface area contributed by atoms with Gasteiger partial charge >= 0.3 is 11.9 Å². The van der Waals surface area contributed by atoms with Crippen LogP contribution in [0.15, 0.2) is 53.9 Å². The Morgan fingerprint density at radius 1 is 1.07 bits per heavy atom. The van der Waals surface area contributed by atoms with E-state index >= 15 is 0 Å². The Kier molecular flexibility index (Phi) is 17.2. The molecule has 1 saturated heterocycles. The topological polar surface area (TPSA) is 167 Å². The Balaban J connectivity index is 1.58. The number of esters is 1. The van der Waals surface area contributed by atoms with Gasteiger partial charge in [-0.15, -0.1) is 11.3 Å². The first-order valence-corrected chi connectivity index (χ1v) is 21.2. The first kappa shape index (κ1) is 45.9. The number of aromatic nitrogens is 1. The van der Waals surface area contributed by atoms with Gasteiger partial charge in [0.2, 0.25) is 11.8 Å². The van der Waals surface area contributed by atoms with E-state index in [-0.39, 0.29) is 61.3 Å². The molecule has 0 spiro atoms. The summed E-state index contributed by atoms with van der Waals surface area (Å²) in [6.07, 6.45) is 2.82. The van der Waals surface area contributed by atoms with Crippen LogP contribution in [-0.2, 0) is 30.5 Å². The molecule has 3 N–H and O–H groups in total. The number of likely N-dealkylation sites (N-methyl/N-ethyl adjacent to an activating group) is 1. The number of amides is 3. The number of nitrogens with one attached hydrogen (secondary N) is 2. The maximum absolute atomic E-state index is 14.9. The number of nitrogens with zero attached hydrogens (tertiary/aromatic N) is 3. The van der Waals surface area contributed by atoms with Gasteiger partial charge in [0.15, 0.2) is 6.10 Å². The Hall–Kier alpha value is -4.82. The van der Waals surface area contributed by atoms with E-state index in [1.54, 1.807) is 23.6 Å². The molecule has 0 radical (unpaired) electrons. The number of hydrogen-bond donors (Lipinski definition) is 3. The molecule has 316 valence electrons. The molecular formula is C44H61N5O8S. The molecule has 0 bridgehead atoms. The number of piperidine rings is 1. The maximum Gasteiger partial charge on any atom is 0.311 e. The van der Waals surface area contributed by atoms with Crippen molar-refractivity contribution in [1.29, 1.82) is 0 Å². The van der Waals surface area contributed by atoms with Crippen molar-refractivity contribution in [2.45, 2.75) is 117 Å². The number of carbonyl (C=O) groups excluding carboxylic acids is 4. The average molecular weight is 820 g/mol. The number of methoxy groups -OCH3 is 1. The number of carboxylic acids is 1. The molecule has 1 aliphatic rings. The number of hydrogen-bond acceptors (Lipinski definition) is 10. The van der Waals surface area contributed by atoms with E-state index in [2.05, 4.69) is 20.5 Å². The summed E-state index contributed by atoms with van der Waals surface area (Å²) >= 11 is 1.17. The van der Waals surface area contributed by atoms with Crippen molar-refractivity contribution in [3.05, 3.63) is 81.3 Å². The molecular weight excluding hydrogens is 759 g/mol. The number of thiazole rings is 1. The molecule has 2 aromatic carbocycles. The molecule has 3 aromatic rings. The monoisotopic (exact) mass is 819 g/mol. The minimum atomic E-state index is -1.01. The first-order valence-electron chi connectivity index (χ1n) is 20.3. The van der Waals surface area contributed by atoms with Gasteiger partial charge in [0.25, 0.3) is 5.91 Å². The standard InChI is InChI=1S/C44H61N5O8S/c1-9-28(4)39(47-41(52)36-17-13-14-22-48(36)7)43(53)49(25-31-15-11-10-12-16-31)37(27(2)3)24-38(57-30(6)50)42-46-35(26-58-42)40(51)45-21-20-33(44(54)55)34-23-32(56-8)19-18-29(34)5/h10-12,15-16,18-19,23,26-28,33,36-39H,9,13-14,17,20-22,24-25H2,1-8H3,(H,45,51)(H,47,52)(H,54,55)/t28?,33-,36?,37-,38-,39?/m1/s1. The van der Waals surface area contributed by atoms with Gasteiger partial charge in [-0.05, 0) is 80.4 Å². The molecule has 1 fully saturated rings. The zero-order valence-corrected chi connectivity index (χ0v) is 36.0. The van der Waals surface area contributed by atoms with Crippen LogP contribution in [0, 0.1) is 18.8 Å². The molecule has 0 aliphatic carbocycles. The number of benzene rings is 2. The number of rotatable bonds is 20. The van der Waals surface area contributed by atoms with Crippen molar-refractivity contribution in [3.8, 4) is 5.75 Å². The number of ether oxygens (including phenoxy) is 2. The highest BCUT2D eigenvalue weighted by Gasteiger charge is 2.39. The van der Waals surface area contributed by atoms with Crippen LogP contribution < -0.4 is 15.4 Å². The third-order valence-electron chi connectivity index (χ3n) is 11.2. The Labute approximate surface area is 346 Å². The van der Waals surface area contributed by atoms with Crippen LogP contribution >= 0.6 is 11.3 Å². The summed E-state index contributed by atoms with van der Waals surface area (Å²) in [5.74, 6) is -3.00. The summed E-state index contributed by atoms with van der Waals surface area (Å²) in [5, 5.41) is 17.9. The largest absolute Gasteiger partial charge is 0.497 e. The summed E-state index contributed by atoms with van der Waals surface area (Å²) < 4.78 is 11.2. The van der Waals surface area contributed by atoms with Crippen molar-refractivity contribution in [3.63, 3.8) is 0 Å². The summed E-state index contributed by atoms with van der Waals surface area (Å²) in [6, 6.07) is 13.4. The van der Waals surface area contributed by atoms with Crippen LogP contribution in [0.4, 0.5) is 0 Å². The van der Waals surface area contributed by atoms with Crippen LogP contribution in [0.3, 0.4) is 0 Å². The van der Waals surface area contributed by atoms with E-state index in [0.717, 1.165) is 36.9 Å². The highest BCUT2D eigenvalue weighted by Crippen LogP contribution is 2.33. The van der Waals surface area contributed by atoms with Gasteiger partial charge in [-0.2, -0.15) is 0 Å². The third-order valence-corrected chi connectivity index (χ3v) is 12.1. The Morgan fingerprint density at radius 2 is 1.79 bits per heavy atom. The molecule has 13 nitrogen and oxygen atoms in total. The lowest BCUT2D eigenvalue weighted by Gasteiger charge is -2.40. The van der Waals surface area contributed by atoms with E-state index in [1.807, 2.05) is 76.9 Å². The zero-order chi connectivity index (χ0) is 42.5. The average Bonchev–Trinajstić information content (AvgIpc) is 3.70. The van der Waals surface area contributed by atoms with Crippen molar-refractivity contribution < 1.29 is 38.6 Å². The quantitative estimate of drug-likeness (QED) is 0.107. The van der Waals surface area contributed by atoms with Crippen LogP contribution in [0.2, 0.25) is 0 Å². The van der Waals surface area contributed by atoms with E-state index in [1.165, 1.54) is 25.4 Å². The zero-order valence-electron chi connectivity index (χ0n) is 35.2. The summed E-state index contributed by atoms with van der Waals surface area (Å²) in [4.78, 5) is 75.3. The van der Waals surface area contributed by atoms with E-state index in [9.17, 15) is 29.1 Å². The van der Waals surface area contributed by atoms with Gasteiger partial charge in [0.05, 0.1) is 19.1 Å². The second-order valence-electron chi connectivity index (χ2n) is 15.7. The molecule has 14 heteroatoms. The predicted octanol–water partition coefficient (Wildman–Crippen LogP) is 6.51. The van der Waals surface area contributed by atoms with Gasteiger partial charge in [0, 0.05) is 37.9 Å². The lowest BCUT2D eigenvalue weighted by molar-refractivity contribution is -0.150. The van der Waals surface area contributed by atoms with Crippen LogP contribution in [0.25, 0.3) is 0 Å². The third kappa shape index (κ3) is 12.3. The van der Waals surface area contributed by atoms with E-state index in [0.29, 0.717) is 22.7 Å². The molecule has 0 saturated carbocycles. The number of aliphatic carboxylic acids is 1. The molecule has 1 aliphatic heterocycles. The molecule has 1 aromatic heterocycles. The second-order valence-corrected chi connectivity index (χ2v) is 16.6. The van der Waals surface area contributed by atoms with Crippen molar-refractivity contribution in [1.82, 2.24) is 25.4 Å². The Morgan fingerprint density at radius 3 is 2.41 bits per heavy atom. The highest BCUT2D eigenvalue weighted by molar-refractivity contribution is 7.09. The minimum Gasteiger partial charge on any atom is -0.497 e. The molecule has 3 unspecified atom stereocenters. The minimum absolute atomic E-state index is 0.0730. The number of likely N-dealkylation sites (tertiary alicyclic amines) is 1. The molecule has 3 amide bonds. The fourth-order valence-corrected chi connectivity index (χ4v) is 8.37. The van der Waals surface area contributed by atoms with Gasteiger partial charge in [-0.3, -0.25) is 28.9 Å². The molecule has 58 heavy (non-hydrogen) atoms. The van der Waals surface area contributed by atoms with E-state index in [4.69, 9.17) is 9.47 Å². The SMILES string of the molecule is CCC(C)C(NC(=O)C1CCCCN1C)C(=O)N(Cc1ccccc1)[C@H](C[C@@H](OC(C)=O)c1nc(C(=O)NCC[C@@H](C(=O)O)c2cc(OC)ccc2C)cs1)C(C)C. The maximum atomic E-state index is 14.9. The smallest absolute Gasteiger partial charge is 0.311 e. The summed E-state index contributed by atoms with van der Waals surface area (Å²) in [5.41, 5.74) is 2.42. The fourth-order valence-electron chi connectivity index (χ4n) is 7.53. The summed E-state index contributed by atoms with van der Waals surface area (Å²) in [6.45, 7) is 12.3. The molecule has 2 heterocycles. The van der Waals surface area contributed by atoms with Gasteiger partial charge in [-0.1, -0.05) is 76.9 Å². The van der Waals surface area contributed by atoms with Crippen LogP contribution in [0.1, 0.15) is 117 Å². The summed E-state index contributed by atoms with van der Waals surface area (Å²) in [7, 11) is 3.46. The fraction of sp³-hybridized carbons (Fsp3) is 0.545. The second kappa shape index (κ2) is 21.8. The Bertz CT molecular complexity index is 1850. The van der Waals surface area contributed by atoms with Crippen LogP contribution in [-0.4, -0.2) is 94.9 Å². The normalized spacial score (nSPS) is 17.0. The molecule has 6 atom stereocenters.